The van der Waals surface area contributed by atoms with Gasteiger partial charge in [-0.15, -0.1) is 0 Å². The molecule has 0 aromatic heterocycles. The lowest BCUT2D eigenvalue weighted by atomic mass is 10.1. The predicted molar refractivity (Wildman–Crippen MR) is 107 cm³/mol. The summed E-state index contributed by atoms with van der Waals surface area (Å²) in [4.78, 5) is 44.0. The molecule has 2 aliphatic heterocycles. The average molecular weight is 398 g/mol. The summed E-state index contributed by atoms with van der Waals surface area (Å²) < 4.78 is 13.4. The molecule has 7 nitrogen and oxygen atoms in total. The molecule has 2 heterocycles. The zero-order chi connectivity index (χ0) is 21.3. The van der Waals surface area contributed by atoms with Crippen molar-refractivity contribution in [2.45, 2.75) is 26.3 Å². The van der Waals surface area contributed by atoms with Crippen LogP contribution in [0.5, 0.6) is 0 Å². The van der Waals surface area contributed by atoms with Crippen LogP contribution < -0.4 is 5.73 Å². The SMILES string of the molecule is CC(C)(C)N1CC(N)=C(C=NC/C(=C/F)CN2C(=O)c3ccccc3C2=O)C1=O. The highest BCUT2D eigenvalue weighted by Gasteiger charge is 2.36. The quantitative estimate of drug-likeness (QED) is 0.607. The second kappa shape index (κ2) is 7.62. The Morgan fingerprint density at radius 3 is 2.21 bits per heavy atom. The Morgan fingerprint density at radius 1 is 1.14 bits per heavy atom. The molecule has 3 amide bonds. The standard InChI is InChI=1S/C21H23FN4O3/c1-21(2,3)26-12-17(23)16(20(26)29)10-24-9-13(8-22)11-25-18(27)14-6-4-5-7-15(14)19(25)28/h4-8,10H,9,11-12,23H2,1-3H3/b13-8-,24-10?. The van der Waals surface area contributed by atoms with Gasteiger partial charge in [-0.25, -0.2) is 4.39 Å². The van der Waals surface area contributed by atoms with E-state index in [9.17, 15) is 18.8 Å². The molecular weight excluding hydrogens is 375 g/mol. The second-order valence-electron chi connectivity index (χ2n) is 7.98. The van der Waals surface area contributed by atoms with Gasteiger partial charge in [-0.2, -0.15) is 0 Å². The number of nitrogens with two attached hydrogens (primary N) is 1. The number of nitrogens with zero attached hydrogens (tertiary/aromatic N) is 3. The second-order valence-corrected chi connectivity index (χ2v) is 7.98. The number of hydrogen-bond donors (Lipinski definition) is 1. The third-order valence-corrected chi connectivity index (χ3v) is 4.87. The molecular formula is C21H23FN4O3. The van der Waals surface area contributed by atoms with Crippen LogP contribution in [0.2, 0.25) is 0 Å². The zero-order valence-corrected chi connectivity index (χ0v) is 16.6. The van der Waals surface area contributed by atoms with Crippen LogP contribution in [0.4, 0.5) is 4.39 Å². The van der Waals surface area contributed by atoms with Crippen molar-refractivity contribution in [2.75, 3.05) is 19.6 Å². The van der Waals surface area contributed by atoms with Crippen molar-refractivity contribution in [3.05, 3.63) is 58.6 Å². The van der Waals surface area contributed by atoms with E-state index in [4.69, 9.17) is 5.73 Å². The van der Waals surface area contributed by atoms with E-state index in [2.05, 4.69) is 4.99 Å². The van der Waals surface area contributed by atoms with E-state index >= 15 is 0 Å². The predicted octanol–water partition coefficient (Wildman–Crippen LogP) is 2.06. The van der Waals surface area contributed by atoms with E-state index < -0.39 is 11.8 Å². The fraction of sp³-hybridized carbons (Fsp3) is 0.333. The van der Waals surface area contributed by atoms with Crippen LogP contribution in [0.15, 0.2) is 52.4 Å². The number of halogens is 1. The lowest BCUT2D eigenvalue weighted by Gasteiger charge is -2.31. The fourth-order valence-electron chi connectivity index (χ4n) is 3.25. The van der Waals surface area contributed by atoms with E-state index in [-0.39, 0.29) is 35.7 Å². The highest BCUT2D eigenvalue weighted by atomic mass is 19.1. The number of rotatable bonds is 5. The summed E-state index contributed by atoms with van der Waals surface area (Å²) in [6, 6.07) is 6.46. The first-order chi connectivity index (χ1) is 13.6. The van der Waals surface area contributed by atoms with Gasteiger partial charge in [-0.1, -0.05) is 12.1 Å². The van der Waals surface area contributed by atoms with Gasteiger partial charge in [0.1, 0.15) is 0 Å². The van der Waals surface area contributed by atoms with Crippen LogP contribution in [0, 0.1) is 0 Å². The minimum absolute atomic E-state index is 0.108. The lowest BCUT2D eigenvalue weighted by Crippen LogP contribution is -2.43. The zero-order valence-electron chi connectivity index (χ0n) is 16.6. The van der Waals surface area contributed by atoms with Crippen molar-refractivity contribution in [3.63, 3.8) is 0 Å². The molecule has 3 rings (SSSR count). The summed E-state index contributed by atoms with van der Waals surface area (Å²) in [6.07, 6.45) is 1.66. The first-order valence-corrected chi connectivity index (χ1v) is 9.19. The van der Waals surface area contributed by atoms with Gasteiger partial charge in [0.15, 0.2) is 0 Å². The van der Waals surface area contributed by atoms with Gasteiger partial charge in [0, 0.05) is 17.5 Å². The highest BCUT2D eigenvalue weighted by molar-refractivity contribution is 6.21. The minimum Gasteiger partial charge on any atom is -0.400 e. The van der Waals surface area contributed by atoms with Crippen molar-refractivity contribution in [3.8, 4) is 0 Å². The molecule has 29 heavy (non-hydrogen) atoms. The van der Waals surface area contributed by atoms with Crippen LogP contribution in [-0.4, -0.2) is 58.9 Å². The number of carbonyl (C=O) groups is 3. The van der Waals surface area contributed by atoms with Crippen LogP contribution in [0.1, 0.15) is 41.5 Å². The fourth-order valence-corrected chi connectivity index (χ4v) is 3.25. The third kappa shape index (κ3) is 3.83. The maximum Gasteiger partial charge on any atom is 0.261 e. The number of imide groups is 1. The van der Waals surface area contributed by atoms with Crippen LogP contribution in [0.25, 0.3) is 0 Å². The first kappa shape index (κ1) is 20.4. The normalized spacial score (nSPS) is 17.9. The maximum atomic E-state index is 13.4. The number of amides is 3. The van der Waals surface area contributed by atoms with Crippen molar-refractivity contribution >= 4 is 23.9 Å². The van der Waals surface area contributed by atoms with E-state index in [1.165, 1.54) is 6.21 Å². The van der Waals surface area contributed by atoms with E-state index in [0.29, 0.717) is 29.7 Å². The molecule has 0 saturated carbocycles. The highest BCUT2D eigenvalue weighted by Crippen LogP contribution is 2.24. The lowest BCUT2D eigenvalue weighted by molar-refractivity contribution is -0.129. The minimum atomic E-state index is -0.465. The van der Waals surface area contributed by atoms with E-state index in [1.54, 1.807) is 29.2 Å². The molecule has 2 aliphatic rings. The van der Waals surface area contributed by atoms with Gasteiger partial charge >= 0.3 is 0 Å². The first-order valence-electron chi connectivity index (χ1n) is 9.19. The molecule has 1 aromatic carbocycles. The topological polar surface area (TPSA) is 96.1 Å². The Labute approximate surface area is 168 Å². The van der Waals surface area contributed by atoms with Crippen LogP contribution in [0.3, 0.4) is 0 Å². The summed E-state index contributed by atoms with van der Waals surface area (Å²) in [5, 5.41) is 0. The number of carbonyl (C=O) groups excluding carboxylic acids is 3. The summed E-state index contributed by atoms with van der Waals surface area (Å²) in [5.74, 6) is -1.16. The number of hydrogen-bond acceptors (Lipinski definition) is 5. The van der Waals surface area contributed by atoms with Crippen molar-refractivity contribution in [1.82, 2.24) is 9.80 Å². The van der Waals surface area contributed by atoms with Gasteiger partial charge in [-0.05, 0) is 38.5 Å². The summed E-state index contributed by atoms with van der Waals surface area (Å²) >= 11 is 0. The monoisotopic (exact) mass is 398 g/mol. The number of aliphatic imine (C=N–C) groups is 1. The van der Waals surface area contributed by atoms with Crippen LogP contribution >= 0.6 is 0 Å². The Hall–Kier alpha value is -3.29. The summed E-state index contributed by atoms with van der Waals surface area (Å²) in [6.45, 7) is 5.71. The molecule has 8 heteroatoms. The molecule has 0 saturated heterocycles. The molecule has 0 spiro atoms. The molecule has 0 atom stereocenters. The van der Waals surface area contributed by atoms with E-state index in [1.807, 2.05) is 20.8 Å². The summed E-state index contributed by atoms with van der Waals surface area (Å²) in [7, 11) is 0. The molecule has 1 aromatic rings. The Morgan fingerprint density at radius 2 is 1.72 bits per heavy atom. The molecule has 0 bridgehead atoms. The third-order valence-electron chi connectivity index (χ3n) is 4.87. The Kier molecular flexibility index (Phi) is 5.37. The number of benzene rings is 1. The van der Waals surface area contributed by atoms with Gasteiger partial charge in [0.2, 0.25) is 0 Å². The average Bonchev–Trinajstić information content (AvgIpc) is 3.09. The van der Waals surface area contributed by atoms with Gasteiger partial charge in [-0.3, -0.25) is 24.3 Å². The molecule has 0 aliphatic carbocycles. The smallest absolute Gasteiger partial charge is 0.261 e. The molecule has 0 fully saturated rings. The maximum absolute atomic E-state index is 13.4. The number of fused-ring (bicyclic) bond motifs is 1. The van der Waals surface area contributed by atoms with Gasteiger partial charge < -0.3 is 10.6 Å². The van der Waals surface area contributed by atoms with Crippen molar-refractivity contribution in [1.29, 1.82) is 0 Å². The van der Waals surface area contributed by atoms with Crippen LogP contribution in [-0.2, 0) is 4.79 Å². The van der Waals surface area contributed by atoms with Gasteiger partial charge in [0.25, 0.3) is 17.7 Å². The molecule has 0 unspecified atom stereocenters. The van der Waals surface area contributed by atoms with E-state index in [0.717, 1.165) is 4.90 Å². The van der Waals surface area contributed by atoms with Gasteiger partial charge in [0.05, 0.1) is 42.7 Å². The Balaban J connectivity index is 1.67. The molecule has 0 radical (unpaired) electrons. The summed E-state index contributed by atoms with van der Waals surface area (Å²) in [5.41, 5.74) is 7.00. The van der Waals surface area contributed by atoms with Crippen molar-refractivity contribution < 1.29 is 18.8 Å². The molecule has 2 N–H and O–H groups in total. The molecule has 152 valence electrons. The Bertz CT molecular complexity index is 937. The largest absolute Gasteiger partial charge is 0.400 e. The van der Waals surface area contributed by atoms with Crippen molar-refractivity contribution in [2.24, 2.45) is 10.7 Å².